The Morgan fingerprint density at radius 2 is 1.04 bits per heavy atom. The van der Waals surface area contributed by atoms with Crippen molar-refractivity contribution in [3.05, 3.63) is 59.7 Å². The van der Waals surface area contributed by atoms with Crippen molar-refractivity contribution in [2.45, 2.75) is 38.5 Å². The topological polar surface area (TPSA) is 58.9 Å². The number of hydrogen-bond donors (Lipinski definition) is 0. The molecule has 0 radical (unpaired) electrons. The molecule has 2 aromatic carbocycles. The number of rotatable bonds is 9. The van der Waals surface area contributed by atoms with Gasteiger partial charge in [0.25, 0.3) is 0 Å². The Balaban J connectivity index is 1.75. The molecule has 0 atom stereocenters. The zero-order valence-electron chi connectivity index (χ0n) is 13.6. The molecule has 0 aromatic heterocycles. The summed E-state index contributed by atoms with van der Waals surface area (Å²) in [5.74, 6) is 0. The molecule has 0 saturated carbocycles. The van der Waals surface area contributed by atoms with Crippen LogP contribution >= 0.6 is 0 Å². The first kappa shape index (κ1) is 17.6. The molecule has 0 spiro atoms. The van der Waals surface area contributed by atoms with Gasteiger partial charge in [-0.2, -0.15) is 9.98 Å². The zero-order chi connectivity index (χ0) is 17.0. The Kier molecular flexibility index (Phi) is 7.36. The Hall–Kier alpha value is -2.80. The number of aliphatic imine (C=N–C) groups is 2. The number of hydrogen-bond acceptors (Lipinski definition) is 4. The quantitative estimate of drug-likeness (QED) is 0.372. The number of carbonyl (C=O) groups excluding carboxylic acids is 2. The molecule has 0 fully saturated rings. The van der Waals surface area contributed by atoms with E-state index in [4.69, 9.17) is 0 Å². The van der Waals surface area contributed by atoms with Crippen LogP contribution in [-0.2, 0) is 22.4 Å². The van der Waals surface area contributed by atoms with Gasteiger partial charge in [0.2, 0.25) is 12.2 Å². The second-order valence-corrected chi connectivity index (χ2v) is 5.58. The van der Waals surface area contributed by atoms with Gasteiger partial charge in [0.1, 0.15) is 0 Å². The third-order valence-electron chi connectivity index (χ3n) is 3.96. The molecule has 0 unspecified atom stereocenters. The van der Waals surface area contributed by atoms with Crippen molar-refractivity contribution >= 4 is 23.5 Å². The number of aryl methyl sites for hydroxylation is 2. The first-order valence-electron chi connectivity index (χ1n) is 8.16. The molecule has 2 aromatic rings. The summed E-state index contributed by atoms with van der Waals surface area (Å²) < 4.78 is 0. The van der Waals surface area contributed by atoms with Crippen molar-refractivity contribution < 1.29 is 9.59 Å². The van der Waals surface area contributed by atoms with E-state index in [1.807, 2.05) is 48.5 Å². The van der Waals surface area contributed by atoms with Crippen LogP contribution in [0.5, 0.6) is 0 Å². The largest absolute Gasteiger partial charge is 0.240 e. The van der Waals surface area contributed by atoms with Crippen LogP contribution in [0.2, 0.25) is 0 Å². The summed E-state index contributed by atoms with van der Waals surface area (Å²) in [6.07, 6.45) is 9.36. The number of para-hydroxylation sites is 2. The fourth-order valence-corrected chi connectivity index (χ4v) is 2.75. The van der Waals surface area contributed by atoms with Crippen LogP contribution in [0.1, 0.15) is 36.8 Å². The maximum atomic E-state index is 10.4. The molecule has 0 amide bonds. The first-order valence-corrected chi connectivity index (χ1v) is 8.16. The smallest absolute Gasteiger partial charge is 0.211 e. The van der Waals surface area contributed by atoms with E-state index in [-0.39, 0.29) is 0 Å². The molecule has 0 aliphatic rings. The molecule has 0 aliphatic heterocycles. The summed E-state index contributed by atoms with van der Waals surface area (Å²) in [6.45, 7) is 0. The minimum atomic E-state index is 0.716. The van der Waals surface area contributed by atoms with Crippen LogP contribution in [0.25, 0.3) is 0 Å². The van der Waals surface area contributed by atoms with Crippen LogP contribution < -0.4 is 0 Å². The molecule has 4 heteroatoms. The van der Waals surface area contributed by atoms with Crippen molar-refractivity contribution in [2.24, 2.45) is 9.98 Å². The van der Waals surface area contributed by atoms with Gasteiger partial charge in [-0.3, -0.25) is 0 Å². The van der Waals surface area contributed by atoms with Crippen molar-refractivity contribution in [2.75, 3.05) is 0 Å². The van der Waals surface area contributed by atoms with Crippen molar-refractivity contribution in [1.29, 1.82) is 0 Å². The summed E-state index contributed by atoms with van der Waals surface area (Å²) in [5, 5.41) is 0. The standard InChI is InChI=1S/C20H20N2O2/c23-15-21-19-13-7-5-11-17(19)9-3-1-2-4-10-18-12-6-8-14-20(18)22-16-24/h5-8,11-14H,1-4,9-10H2. The molecule has 2 rings (SSSR count). The molecule has 0 bridgehead atoms. The predicted molar refractivity (Wildman–Crippen MR) is 94.3 cm³/mol. The van der Waals surface area contributed by atoms with E-state index in [0.717, 1.165) is 49.7 Å². The summed E-state index contributed by atoms with van der Waals surface area (Å²) in [5.41, 5.74) is 3.61. The number of unbranched alkanes of at least 4 members (excludes halogenated alkanes) is 3. The third kappa shape index (κ3) is 5.44. The first-order chi connectivity index (χ1) is 11.8. The summed E-state index contributed by atoms with van der Waals surface area (Å²) in [4.78, 5) is 28.3. The molecule has 0 heterocycles. The second kappa shape index (κ2) is 10.1. The van der Waals surface area contributed by atoms with E-state index < -0.39 is 0 Å². The van der Waals surface area contributed by atoms with Crippen LogP contribution in [-0.4, -0.2) is 12.2 Å². The minimum Gasteiger partial charge on any atom is -0.211 e. The SMILES string of the molecule is O=C=Nc1ccccc1CCCCCCc1ccccc1N=C=O. The van der Waals surface area contributed by atoms with Gasteiger partial charge in [-0.05, 0) is 48.9 Å². The highest BCUT2D eigenvalue weighted by atomic mass is 16.1. The Labute approximate surface area is 142 Å². The molecule has 0 saturated heterocycles. The van der Waals surface area contributed by atoms with E-state index >= 15 is 0 Å². The van der Waals surface area contributed by atoms with E-state index in [0.29, 0.717) is 11.4 Å². The highest BCUT2D eigenvalue weighted by Crippen LogP contribution is 2.22. The summed E-state index contributed by atoms with van der Waals surface area (Å²) >= 11 is 0. The average molecular weight is 320 g/mol. The second-order valence-electron chi connectivity index (χ2n) is 5.58. The molecule has 24 heavy (non-hydrogen) atoms. The zero-order valence-corrected chi connectivity index (χ0v) is 13.6. The molecule has 4 nitrogen and oxygen atoms in total. The van der Waals surface area contributed by atoms with Gasteiger partial charge in [-0.25, -0.2) is 9.59 Å². The van der Waals surface area contributed by atoms with Crippen LogP contribution in [0, 0.1) is 0 Å². The lowest BCUT2D eigenvalue weighted by Gasteiger charge is -2.06. The van der Waals surface area contributed by atoms with Crippen molar-refractivity contribution in [3.63, 3.8) is 0 Å². The summed E-state index contributed by atoms with van der Waals surface area (Å²) in [6, 6.07) is 15.4. The number of benzene rings is 2. The van der Waals surface area contributed by atoms with Crippen LogP contribution in [0.4, 0.5) is 11.4 Å². The lowest BCUT2D eigenvalue weighted by molar-refractivity contribution is 0.564. The fraction of sp³-hybridized carbons (Fsp3) is 0.300. The number of isocyanates is 2. The monoisotopic (exact) mass is 320 g/mol. The average Bonchev–Trinajstić information content (AvgIpc) is 2.61. The van der Waals surface area contributed by atoms with E-state index in [2.05, 4.69) is 9.98 Å². The highest BCUT2D eigenvalue weighted by molar-refractivity contribution is 5.54. The van der Waals surface area contributed by atoms with Crippen LogP contribution in [0.3, 0.4) is 0 Å². The van der Waals surface area contributed by atoms with Crippen molar-refractivity contribution in [1.82, 2.24) is 0 Å². The molecule has 122 valence electrons. The highest BCUT2D eigenvalue weighted by Gasteiger charge is 2.02. The van der Waals surface area contributed by atoms with Gasteiger partial charge in [0.15, 0.2) is 0 Å². The van der Waals surface area contributed by atoms with Gasteiger partial charge in [-0.1, -0.05) is 49.2 Å². The predicted octanol–water partition coefficient (Wildman–Crippen LogP) is 4.97. The fourth-order valence-electron chi connectivity index (χ4n) is 2.75. The van der Waals surface area contributed by atoms with Gasteiger partial charge in [-0.15, -0.1) is 0 Å². The molecule has 0 N–H and O–H groups in total. The van der Waals surface area contributed by atoms with Crippen molar-refractivity contribution in [3.8, 4) is 0 Å². The normalized spacial score (nSPS) is 9.83. The van der Waals surface area contributed by atoms with Gasteiger partial charge in [0, 0.05) is 0 Å². The Morgan fingerprint density at radius 1 is 0.625 bits per heavy atom. The maximum absolute atomic E-state index is 10.4. The Morgan fingerprint density at radius 3 is 1.46 bits per heavy atom. The maximum Gasteiger partial charge on any atom is 0.240 e. The van der Waals surface area contributed by atoms with Gasteiger partial charge in [0.05, 0.1) is 11.4 Å². The molecular weight excluding hydrogens is 300 g/mol. The molecular formula is C20H20N2O2. The third-order valence-corrected chi connectivity index (χ3v) is 3.96. The van der Waals surface area contributed by atoms with Gasteiger partial charge < -0.3 is 0 Å². The number of nitrogens with zero attached hydrogens (tertiary/aromatic N) is 2. The Bertz CT molecular complexity index is 692. The van der Waals surface area contributed by atoms with Crippen LogP contribution in [0.15, 0.2) is 58.5 Å². The lowest BCUT2D eigenvalue weighted by atomic mass is 10.0. The van der Waals surface area contributed by atoms with E-state index in [1.54, 1.807) is 12.2 Å². The van der Waals surface area contributed by atoms with Gasteiger partial charge >= 0.3 is 0 Å². The van der Waals surface area contributed by atoms with E-state index in [9.17, 15) is 9.59 Å². The minimum absolute atomic E-state index is 0.716. The summed E-state index contributed by atoms with van der Waals surface area (Å²) in [7, 11) is 0. The molecule has 0 aliphatic carbocycles. The van der Waals surface area contributed by atoms with E-state index in [1.165, 1.54) is 0 Å². The lowest BCUT2D eigenvalue weighted by Crippen LogP contribution is -1.89.